The van der Waals surface area contributed by atoms with Gasteiger partial charge in [0.2, 0.25) is 3.79 Å². The van der Waals surface area contributed by atoms with Gasteiger partial charge in [0.05, 0.1) is 6.04 Å². The highest BCUT2D eigenvalue weighted by Gasteiger charge is 2.36. The summed E-state index contributed by atoms with van der Waals surface area (Å²) in [6.45, 7) is 5.50. The minimum atomic E-state index is 0.118. The molecule has 0 N–H and O–H groups in total. The third-order valence-electron chi connectivity index (χ3n) is 5.18. The number of likely N-dealkylation sites (tertiary alicyclic amines) is 1. The molecule has 1 aromatic carbocycles. The Morgan fingerprint density at radius 1 is 1.23 bits per heavy atom. The molecule has 1 saturated heterocycles. The third kappa shape index (κ3) is 4.79. The van der Waals surface area contributed by atoms with Crippen LogP contribution in [0.5, 0.6) is 0 Å². The van der Waals surface area contributed by atoms with Crippen molar-refractivity contribution in [3.63, 3.8) is 0 Å². The Kier molecular flexibility index (Phi) is 7.35. The normalized spacial score (nSPS) is 22.4. The van der Waals surface area contributed by atoms with Crippen molar-refractivity contribution in [2.45, 2.75) is 71.0 Å². The maximum Gasteiger partial charge on any atom is 0.209 e. The molecule has 0 aliphatic carbocycles. The van der Waals surface area contributed by atoms with Gasteiger partial charge in [0.1, 0.15) is 0 Å². The van der Waals surface area contributed by atoms with Gasteiger partial charge < -0.3 is 0 Å². The molecule has 1 unspecified atom stereocenters. The van der Waals surface area contributed by atoms with Gasteiger partial charge in [-0.05, 0) is 37.2 Å². The quantitative estimate of drug-likeness (QED) is 0.432. The predicted octanol–water partition coefficient (Wildman–Crippen LogP) is 5.20. The van der Waals surface area contributed by atoms with E-state index in [1.807, 2.05) is 22.6 Å². The number of nitrogens with zero attached hydrogens (tertiary/aromatic N) is 1. The van der Waals surface area contributed by atoms with E-state index in [1.54, 1.807) is 0 Å². The number of halogens is 1. The summed E-state index contributed by atoms with van der Waals surface area (Å²) in [6.07, 6.45) is 7.28. The van der Waals surface area contributed by atoms with E-state index in [2.05, 4.69) is 49.1 Å². The van der Waals surface area contributed by atoms with Gasteiger partial charge in [-0.15, -0.1) is 0 Å². The summed E-state index contributed by atoms with van der Waals surface area (Å²) in [6, 6.07) is 11.3. The van der Waals surface area contributed by atoms with E-state index in [9.17, 15) is 4.79 Å². The van der Waals surface area contributed by atoms with Crippen LogP contribution in [0.25, 0.3) is 0 Å². The van der Waals surface area contributed by atoms with Crippen LogP contribution in [0.15, 0.2) is 30.3 Å². The fraction of sp³-hybridized carbons (Fsp3) is 0.632. The Morgan fingerprint density at radius 3 is 2.50 bits per heavy atom. The number of hydrogen-bond donors (Lipinski definition) is 0. The molecule has 0 amide bonds. The lowest BCUT2D eigenvalue weighted by Crippen LogP contribution is -2.38. The fourth-order valence-electron chi connectivity index (χ4n) is 3.65. The summed E-state index contributed by atoms with van der Waals surface area (Å²) in [5.74, 6) is 0.841. The highest BCUT2D eigenvalue weighted by atomic mass is 127. The molecule has 3 heteroatoms. The molecule has 1 heterocycles. The lowest BCUT2D eigenvalue weighted by Gasteiger charge is -2.29. The van der Waals surface area contributed by atoms with E-state index in [0.29, 0.717) is 9.83 Å². The lowest BCUT2D eigenvalue weighted by molar-refractivity contribution is -0.113. The molecular weight excluding hydrogens is 385 g/mol. The molecule has 2 nitrogen and oxygen atoms in total. The largest absolute Gasteiger partial charge is 0.286 e. The lowest BCUT2D eigenvalue weighted by atomic mass is 9.94. The Morgan fingerprint density at radius 2 is 1.91 bits per heavy atom. The highest BCUT2D eigenvalue weighted by molar-refractivity contribution is 14.1. The number of carbonyl (C=O) groups excluding carboxylic acids is 1. The maximum absolute atomic E-state index is 12.0. The van der Waals surface area contributed by atoms with Crippen molar-refractivity contribution >= 4 is 26.4 Å². The van der Waals surface area contributed by atoms with Crippen LogP contribution < -0.4 is 0 Å². The van der Waals surface area contributed by atoms with E-state index in [-0.39, 0.29) is 6.04 Å². The van der Waals surface area contributed by atoms with E-state index < -0.39 is 0 Å². The Hall–Kier alpha value is -0.420. The molecule has 1 aliphatic rings. The van der Waals surface area contributed by atoms with Gasteiger partial charge in [-0.3, -0.25) is 9.69 Å². The van der Waals surface area contributed by atoms with Crippen molar-refractivity contribution in [2.24, 2.45) is 5.92 Å². The molecule has 2 atom stereocenters. The average molecular weight is 413 g/mol. The Bertz CT molecular complexity index is 458. The van der Waals surface area contributed by atoms with Gasteiger partial charge in [-0.2, -0.15) is 0 Å². The van der Waals surface area contributed by atoms with Gasteiger partial charge in [0.25, 0.3) is 0 Å². The molecular formula is C19H28INO. The summed E-state index contributed by atoms with van der Waals surface area (Å²) in [5.41, 5.74) is 1.32. The van der Waals surface area contributed by atoms with Crippen LogP contribution in [0.4, 0.5) is 0 Å². The zero-order valence-electron chi connectivity index (χ0n) is 13.8. The van der Waals surface area contributed by atoms with Gasteiger partial charge in [-0.1, -0.05) is 57.0 Å². The van der Waals surface area contributed by atoms with E-state index in [0.717, 1.165) is 18.9 Å². The topological polar surface area (TPSA) is 20.3 Å². The minimum Gasteiger partial charge on any atom is -0.286 e. The Balaban J connectivity index is 2.02. The van der Waals surface area contributed by atoms with Gasteiger partial charge in [0, 0.05) is 35.2 Å². The van der Waals surface area contributed by atoms with Crippen molar-refractivity contribution in [3.8, 4) is 0 Å². The van der Waals surface area contributed by atoms with Crippen LogP contribution in [0, 0.1) is 5.92 Å². The molecule has 0 radical (unpaired) electrons. The van der Waals surface area contributed by atoms with Crippen molar-refractivity contribution < 1.29 is 4.79 Å². The SMILES string of the molecule is CCC(CC)CCC1CC[C@H](C(=O)I)N1Cc1ccccc1. The summed E-state index contributed by atoms with van der Waals surface area (Å²) in [7, 11) is 0. The van der Waals surface area contributed by atoms with Crippen molar-refractivity contribution in [1.29, 1.82) is 0 Å². The third-order valence-corrected chi connectivity index (χ3v) is 5.89. The van der Waals surface area contributed by atoms with Crippen molar-refractivity contribution in [2.75, 3.05) is 0 Å². The number of hydrogen-bond acceptors (Lipinski definition) is 2. The second-order valence-corrected chi connectivity index (χ2v) is 7.53. The summed E-state index contributed by atoms with van der Waals surface area (Å²) in [5, 5.41) is 0. The smallest absolute Gasteiger partial charge is 0.209 e. The molecule has 0 spiro atoms. The zero-order chi connectivity index (χ0) is 15.9. The van der Waals surface area contributed by atoms with Crippen LogP contribution in [0.1, 0.15) is 57.9 Å². The summed E-state index contributed by atoms with van der Waals surface area (Å²) >= 11 is 1.99. The summed E-state index contributed by atoms with van der Waals surface area (Å²) < 4.78 is 0.304. The zero-order valence-corrected chi connectivity index (χ0v) is 16.0. The van der Waals surface area contributed by atoms with E-state index in [4.69, 9.17) is 0 Å². The van der Waals surface area contributed by atoms with Gasteiger partial charge >= 0.3 is 0 Å². The van der Waals surface area contributed by atoms with Gasteiger partial charge in [0.15, 0.2) is 0 Å². The van der Waals surface area contributed by atoms with Crippen LogP contribution in [-0.2, 0) is 11.3 Å². The molecule has 122 valence electrons. The first-order valence-corrected chi connectivity index (χ1v) is 9.72. The fourth-order valence-corrected chi connectivity index (χ4v) is 4.32. The first-order chi connectivity index (χ1) is 10.7. The molecule has 22 heavy (non-hydrogen) atoms. The van der Waals surface area contributed by atoms with Crippen LogP contribution in [0.2, 0.25) is 0 Å². The molecule has 1 fully saturated rings. The minimum absolute atomic E-state index is 0.118. The second kappa shape index (κ2) is 9.02. The first kappa shape index (κ1) is 17.9. The number of benzene rings is 1. The number of carbonyl (C=O) groups is 1. The van der Waals surface area contributed by atoms with Crippen LogP contribution in [-0.4, -0.2) is 20.8 Å². The van der Waals surface area contributed by atoms with Crippen molar-refractivity contribution in [1.82, 2.24) is 4.90 Å². The Labute approximate surface area is 148 Å². The second-order valence-electron chi connectivity index (χ2n) is 6.47. The van der Waals surface area contributed by atoms with Crippen LogP contribution in [0.3, 0.4) is 0 Å². The van der Waals surface area contributed by atoms with Crippen molar-refractivity contribution in [3.05, 3.63) is 35.9 Å². The maximum atomic E-state index is 12.0. The molecule has 0 bridgehead atoms. The average Bonchev–Trinajstić information content (AvgIpc) is 2.92. The van der Waals surface area contributed by atoms with E-state index >= 15 is 0 Å². The molecule has 0 aromatic heterocycles. The summed E-state index contributed by atoms with van der Waals surface area (Å²) in [4.78, 5) is 14.5. The van der Waals surface area contributed by atoms with Crippen LogP contribution >= 0.6 is 22.6 Å². The number of rotatable bonds is 8. The standard InChI is InChI=1S/C19H28INO/c1-3-15(4-2)10-11-17-12-13-18(19(20)22)21(17)14-16-8-6-5-7-9-16/h5-9,15,17-18H,3-4,10-14H2,1-2H3/t17?,18-/m1/s1. The van der Waals surface area contributed by atoms with Gasteiger partial charge in [-0.25, -0.2) is 0 Å². The monoisotopic (exact) mass is 413 g/mol. The molecule has 0 saturated carbocycles. The molecule has 1 aromatic rings. The highest BCUT2D eigenvalue weighted by Crippen LogP contribution is 2.32. The molecule has 1 aliphatic heterocycles. The molecule has 2 rings (SSSR count). The first-order valence-electron chi connectivity index (χ1n) is 8.64. The van der Waals surface area contributed by atoms with E-state index in [1.165, 1.54) is 37.7 Å². The predicted molar refractivity (Wildman–Crippen MR) is 101 cm³/mol.